The van der Waals surface area contributed by atoms with E-state index in [9.17, 15) is 0 Å². The fraction of sp³-hybridized carbons (Fsp3) is 0.667. The molecule has 0 unspecified atom stereocenters. The molecule has 0 saturated carbocycles. The van der Waals surface area contributed by atoms with E-state index in [1.54, 1.807) is 0 Å². The third kappa shape index (κ3) is 3.36. The largest absolute Gasteiger partial charge is 0.384 e. The van der Waals surface area contributed by atoms with Crippen LogP contribution in [0.25, 0.3) is 0 Å². The fourth-order valence-corrected chi connectivity index (χ4v) is 1.65. The Hall–Kier alpha value is -1.32. The van der Waals surface area contributed by atoms with Gasteiger partial charge in [0.2, 0.25) is 0 Å². The number of hydrogen-bond donors (Lipinski definition) is 1. The van der Waals surface area contributed by atoms with Gasteiger partial charge in [-0.15, -0.1) is 0 Å². The number of aryl methyl sites for hydroxylation is 1. The molecule has 2 N–H and O–H groups in total. The number of nitrogen functional groups attached to an aromatic ring is 1. The maximum atomic E-state index is 5.78. The lowest BCUT2D eigenvalue weighted by molar-refractivity contribution is 0.613. The van der Waals surface area contributed by atoms with Gasteiger partial charge in [-0.05, 0) is 12.8 Å². The molecule has 0 amide bonds. The summed E-state index contributed by atoms with van der Waals surface area (Å²) in [6.07, 6.45) is 0.817. The molecule has 4 heteroatoms. The van der Waals surface area contributed by atoms with Crippen LogP contribution >= 0.6 is 0 Å². The van der Waals surface area contributed by atoms with Crippen LogP contribution in [0.1, 0.15) is 33.5 Å². The van der Waals surface area contributed by atoms with Crippen molar-refractivity contribution < 1.29 is 0 Å². The van der Waals surface area contributed by atoms with Crippen LogP contribution in [0, 0.1) is 5.92 Å². The minimum Gasteiger partial charge on any atom is -0.384 e. The lowest BCUT2D eigenvalue weighted by atomic mass is 10.2. The first-order valence-corrected chi connectivity index (χ1v) is 5.95. The van der Waals surface area contributed by atoms with Crippen LogP contribution in [0.15, 0.2) is 6.07 Å². The van der Waals surface area contributed by atoms with Gasteiger partial charge in [0.1, 0.15) is 17.5 Å². The van der Waals surface area contributed by atoms with Gasteiger partial charge in [0.15, 0.2) is 0 Å². The second kappa shape index (κ2) is 5.68. The summed E-state index contributed by atoms with van der Waals surface area (Å²) in [5, 5.41) is 0. The van der Waals surface area contributed by atoms with Crippen molar-refractivity contribution in [1.82, 2.24) is 9.97 Å². The number of hydrogen-bond acceptors (Lipinski definition) is 4. The summed E-state index contributed by atoms with van der Waals surface area (Å²) in [7, 11) is 0. The van der Waals surface area contributed by atoms with E-state index >= 15 is 0 Å². The van der Waals surface area contributed by atoms with E-state index in [4.69, 9.17) is 5.73 Å². The quantitative estimate of drug-likeness (QED) is 0.829. The zero-order valence-electron chi connectivity index (χ0n) is 10.7. The normalized spacial score (nSPS) is 10.8. The Bertz CT molecular complexity index is 336. The van der Waals surface area contributed by atoms with Gasteiger partial charge >= 0.3 is 0 Å². The molecule has 0 aliphatic rings. The van der Waals surface area contributed by atoms with Gasteiger partial charge in [-0.3, -0.25) is 0 Å². The van der Waals surface area contributed by atoms with Crippen molar-refractivity contribution >= 4 is 11.6 Å². The van der Waals surface area contributed by atoms with Crippen LogP contribution < -0.4 is 10.6 Å². The van der Waals surface area contributed by atoms with Gasteiger partial charge in [0, 0.05) is 25.6 Å². The standard InChI is InChI=1S/C12H22N4/c1-5-11-14-10(13)7-12(15-11)16(6-2)8-9(3)4/h7,9H,5-6,8H2,1-4H3,(H2,13,14,15). The minimum absolute atomic E-state index is 0.559. The van der Waals surface area contributed by atoms with Crippen molar-refractivity contribution in [3.8, 4) is 0 Å². The van der Waals surface area contributed by atoms with Crippen LogP contribution in [0.4, 0.5) is 11.6 Å². The Balaban J connectivity index is 2.95. The van der Waals surface area contributed by atoms with Crippen LogP contribution in [0.2, 0.25) is 0 Å². The zero-order chi connectivity index (χ0) is 12.1. The number of rotatable bonds is 5. The van der Waals surface area contributed by atoms with E-state index < -0.39 is 0 Å². The molecule has 0 aliphatic heterocycles. The van der Waals surface area contributed by atoms with E-state index in [0.29, 0.717) is 11.7 Å². The van der Waals surface area contributed by atoms with Crippen molar-refractivity contribution in [3.05, 3.63) is 11.9 Å². The van der Waals surface area contributed by atoms with Crippen molar-refractivity contribution in [2.45, 2.75) is 34.1 Å². The predicted molar refractivity (Wildman–Crippen MR) is 68.5 cm³/mol. The van der Waals surface area contributed by atoms with E-state index in [0.717, 1.165) is 31.2 Å². The lowest BCUT2D eigenvalue weighted by Gasteiger charge is -2.24. The minimum atomic E-state index is 0.559. The van der Waals surface area contributed by atoms with Gasteiger partial charge in [-0.25, -0.2) is 9.97 Å². The molecular weight excluding hydrogens is 200 g/mol. The van der Waals surface area contributed by atoms with Crippen LogP contribution in [-0.4, -0.2) is 23.1 Å². The molecule has 90 valence electrons. The van der Waals surface area contributed by atoms with Crippen molar-refractivity contribution in [3.63, 3.8) is 0 Å². The van der Waals surface area contributed by atoms with Gasteiger partial charge < -0.3 is 10.6 Å². The SMILES string of the molecule is CCc1nc(N)cc(N(CC)CC(C)C)n1. The van der Waals surface area contributed by atoms with E-state index in [-0.39, 0.29) is 0 Å². The third-order valence-corrected chi connectivity index (χ3v) is 2.39. The second-order valence-electron chi connectivity index (χ2n) is 4.35. The summed E-state index contributed by atoms with van der Waals surface area (Å²) in [5.74, 6) is 2.93. The Labute approximate surface area is 97.9 Å². The van der Waals surface area contributed by atoms with E-state index in [1.807, 2.05) is 13.0 Å². The molecule has 4 nitrogen and oxygen atoms in total. The smallest absolute Gasteiger partial charge is 0.134 e. The van der Waals surface area contributed by atoms with Gasteiger partial charge in [0.25, 0.3) is 0 Å². The van der Waals surface area contributed by atoms with Crippen molar-refractivity contribution in [2.24, 2.45) is 5.92 Å². The molecule has 0 radical (unpaired) electrons. The summed E-state index contributed by atoms with van der Waals surface area (Å²) in [4.78, 5) is 10.9. The second-order valence-corrected chi connectivity index (χ2v) is 4.35. The first kappa shape index (κ1) is 12.7. The number of aromatic nitrogens is 2. The lowest BCUT2D eigenvalue weighted by Crippen LogP contribution is -2.28. The molecular formula is C12H22N4. The van der Waals surface area contributed by atoms with Crippen LogP contribution in [0.5, 0.6) is 0 Å². The van der Waals surface area contributed by atoms with Crippen LogP contribution in [-0.2, 0) is 6.42 Å². The Morgan fingerprint density at radius 1 is 1.31 bits per heavy atom. The average molecular weight is 222 g/mol. The Morgan fingerprint density at radius 3 is 2.50 bits per heavy atom. The molecule has 0 aromatic carbocycles. The molecule has 0 bridgehead atoms. The number of nitrogens with two attached hydrogens (primary N) is 1. The molecule has 0 aliphatic carbocycles. The highest BCUT2D eigenvalue weighted by atomic mass is 15.2. The highest BCUT2D eigenvalue weighted by Crippen LogP contribution is 2.15. The monoisotopic (exact) mass is 222 g/mol. The molecule has 0 spiro atoms. The summed E-state index contributed by atoms with van der Waals surface area (Å²) < 4.78 is 0. The van der Waals surface area contributed by atoms with Gasteiger partial charge in [-0.1, -0.05) is 20.8 Å². The Kier molecular flexibility index (Phi) is 4.52. The van der Waals surface area contributed by atoms with E-state index in [1.165, 1.54) is 0 Å². The van der Waals surface area contributed by atoms with Crippen molar-refractivity contribution in [1.29, 1.82) is 0 Å². The molecule has 0 atom stereocenters. The molecule has 16 heavy (non-hydrogen) atoms. The summed E-state index contributed by atoms with van der Waals surface area (Å²) in [5.41, 5.74) is 5.78. The number of nitrogens with zero attached hydrogens (tertiary/aromatic N) is 3. The zero-order valence-corrected chi connectivity index (χ0v) is 10.7. The van der Waals surface area contributed by atoms with E-state index in [2.05, 4.69) is 35.6 Å². The summed E-state index contributed by atoms with van der Waals surface area (Å²) >= 11 is 0. The topological polar surface area (TPSA) is 55.0 Å². The van der Waals surface area contributed by atoms with Crippen LogP contribution in [0.3, 0.4) is 0 Å². The molecule has 1 aromatic heterocycles. The first-order valence-electron chi connectivity index (χ1n) is 5.95. The molecule has 1 heterocycles. The molecule has 0 saturated heterocycles. The average Bonchev–Trinajstić information content (AvgIpc) is 2.24. The fourth-order valence-electron chi connectivity index (χ4n) is 1.65. The molecule has 1 aromatic rings. The maximum absolute atomic E-state index is 5.78. The predicted octanol–water partition coefficient (Wildman–Crippen LogP) is 2.10. The Morgan fingerprint density at radius 2 is 2.00 bits per heavy atom. The number of anilines is 2. The molecule has 1 rings (SSSR count). The van der Waals surface area contributed by atoms with Gasteiger partial charge in [-0.2, -0.15) is 0 Å². The third-order valence-electron chi connectivity index (χ3n) is 2.39. The summed E-state index contributed by atoms with van der Waals surface area (Å²) in [6.45, 7) is 10.5. The first-order chi connectivity index (χ1) is 7.56. The highest BCUT2D eigenvalue weighted by molar-refractivity contribution is 5.46. The maximum Gasteiger partial charge on any atom is 0.134 e. The van der Waals surface area contributed by atoms with Crippen molar-refractivity contribution in [2.75, 3.05) is 23.7 Å². The molecule has 0 fully saturated rings. The van der Waals surface area contributed by atoms with Gasteiger partial charge in [0.05, 0.1) is 0 Å². The summed E-state index contributed by atoms with van der Waals surface area (Å²) in [6, 6.07) is 1.85. The highest BCUT2D eigenvalue weighted by Gasteiger charge is 2.10.